The van der Waals surface area contributed by atoms with Crippen molar-refractivity contribution in [1.29, 1.82) is 0 Å². The zero-order valence-electron chi connectivity index (χ0n) is 11.5. The van der Waals surface area contributed by atoms with Crippen molar-refractivity contribution < 1.29 is 14.3 Å². The molecule has 1 unspecified atom stereocenters. The summed E-state index contributed by atoms with van der Waals surface area (Å²) < 4.78 is 5.10. The number of primary amides is 1. The van der Waals surface area contributed by atoms with Crippen molar-refractivity contribution in [1.82, 2.24) is 4.90 Å². The van der Waals surface area contributed by atoms with Gasteiger partial charge in [-0.15, -0.1) is 0 Å². The molecule has 6 heteroatoms. The van der Waals surface area contributed by atoms with Crippen molar-refractivity contribution >= 4 is 17.5 Å². The van der Waals surface area contributed by atoms with Crippen molar-refractivity contribution in [2.45, 2.75) is 25.3 Å². The number of ether oxygens (including phenoxy) is 1. The first-order valence-corrected chi connectivity index (χ1v) is 6.58. The summed E-state index contributed by atoms with van der Waals surface area (Å²) in [5.41, 5.74) is 11.9. The smallest absolute Gasteiger partial charge is 0.256 e. The van der Waals surface area contributed by atoms with E-state index in [2.05, 4.69) is 0 Å². The highest BCUT2D eigenvalue weighted by atomic mass is 16.5. The van der Waals surface area contributed by atoms with Gasteiger partial charge in [0.25, 0.3) is 5.91 Å². The molecular formula is C14H19N3O3. The number of anilines is 1. The average molecular weight is 277 g/mol. The number of amides is 2. The van der Waals surface area contributed by atoms with E-state index in [1.54, 1.807) is 18.2 Å². The van der Waals surface area contributed by atoms with E-state index in [9.17, 15) is 9.59 Å². The van der Waals surface area contributed by atoms with Crippen molar-refractivity contribution in [3.8, 4) is 5.75 Å². The van der Waals surface area contributed by atoms with Gasteiger partial charge in [-0.25, -0.2) is 0 Å². The van der Waals surface area contributed by atoms with Crippen molar-refractivity contribution in [3.63, 3.8) is 0 Å². The monoisotopic (exact) mass is 277 g/mol. The van der Waals surface area contributed by atoms with E-state index in [4.69, 9.17) is 16.2 Å². The van der Waals surface area contributed by atoms with Gasteiger partial charge in [0.1, 0.15) is 11.8 Å². The molecule has 1 aromatic carbocycles. The van der Waals surface area contributed by atoms with Gasteiger partial charge in [-0.05, 0) is 37.5 Å². The van der Waals surface area contributed by atoms with Crippen LogP contribution in [0.25, 0.3) is 0 Å². The maximum absolute atomic E-state index is 12.6. The number of nitrogen functional groups attached to an aromatic ring is 1. The van der Waals surface area contributed by atoms with Crippen LogP contribution in [0.4, 0.5) is 5.69 Å². The SMILES string of the molecule is COc1ccc(N)c(C(=O)N2CCCCC2C(N)=O)c1. The van der Waals surface area contributed by atoms with E-state index in [0.29, 0.717) is 30.0 Å². The van der Waals surface area contributed by atoms with Gasteiger partial charge < -0.3 is 21.1 Å². The maximum atomic E-state index is 12.6. The first-order valence-electron chi connectivity index (χ1n) is 6.58. The standard InChI is InChI=1S/C14H19N3O3/c1-20-9-5-6-11(15)10(8-9)14(19)17-7-3-2-4-12(17)13(16)18/h5-6,8,12H,2-4,7,15H2,1H3,(H2,16,18). The summed E-state index contributed by atoms with van der Waals surface area (Å²) >= 11 is 0. The van der Waals surface area contributed by atoms with Crippen molar-refractivity contribution in [3.05, 3.63) is 23.8 Å². The van der Waals surface area contributed by atoms with Crippen molar-refractivity contribution in [2.75, 3.05) is 19.4 Å². The number of methoxy groups -OCH3 is 1. The van der Waals surface area contributed by atoms with Gasteiger partial charge >= 0.3 is 0 Å². The Morgan fingerprint density at radius 2 is 2.10 bits per heavy atom. The topological polar surface area (TPSA) is 98.7 Å². The second kappa shape index (κ2) is 5.81. The molecule has 0 aromatic heterocycles. The summed E-state index contributed by atoms with van der Waals surface area (Å²) in [6, 6.07) is 4.34. The zero-order chi connectivity index (χ0) is 14.7. The molecule has 4 N–H and O–H groups in total. The molecule has 0 aliphatic carbocycles. The summed E-state index contributed by atoms with van der Waals surface area (Å²) in [5.74, 6) is -0.195. The number of piperidine rings is 1. The molecule has 1 aromatic rings. The zero-order valence-corrected chi connectivity index (χ0v) is 11.5. The Morgan fingerprint density at radius 3 is 2.75 bits per heavy atom. The molecule has 6 nitrogen and oxygen atoms in total. The Morgan fingerprint density at radius 1 is 1.35 bits per heavy atom. The summed E-state index contributed by atoms with van der Waals surface area (Å²) in [6.07, 6.45) is 2.36. The molecule has 20 heavy (non-hydrogen) atoms. The molecule has 0 saturated carbocycles. The van der Waals surface area contributed by atoms with Crippen molar-refractivity contribution in [2.24, 2.45) is 5.73 Å². The molecule has 1 fully saturated rings. The number of carbonyl (C=O) groups is 2. The Labute approximate surface area is 117 Å². The lowest BCUT2D eigenvalue weighted by Crippen LogP contribution is -2.50. The lowest BCUT2D eigenvalue weighted by molar-refractivity contribution is -0.123. The van der Waals surface area contributed by atoms with Gasteiger partial charge in [-0.3, -0.25) is 9.59 Å². The first-order chi connectivity index (χ1) is 9.54. The molecular weight excluding hydrogens is 258 g/mol. The number of likely N-dealkylation sites (tertiary alicyclic amines) is 1. The lowest BCUT2D eigenvalue weighted by atomic mass is 10.00. The largest absolute Gasteiger partial charge is 0.497 e. The van der Waals surface area contributed by atoms with Crippen LogP contribution in [0.2, 0.25) is 0 Å². The van der Waals surface area contributed by atoms with Crippen LogP contribution in [0.3, 0.4) is 0 Å². The molecule has 1 atom stereocenters. The molecule has 0 radical (unpaired) electrons. The summed E-state index contributed by atoms with van der Waals surface area (Å²) in [4.78, 5) is 25.6. The Balaban J connectivity index is 2.31. The Hall–Kier alpha value is -2.24. The second-order valence-electron chi connectivity index (χ2n) is 4.87. The predicted molar refractivity (Wildman–Crippen MR) is 75.3 cm³/mol. The van der Waals surface area contributed by atoms with Gasteiger partial charge in [0.05, 0.1) is 12.7 Å². The number of hydrogen-bond donors (Lipinski definition) is 2. The fraction of sp³-hybridized carbons (Fsp3) is 0.429. The summed E-state index contributed by atoms with van der Waals surface area (Å²) in [5, 5.41) is 0. The number of rotatable bonds is 3. The minimum absolute atomic E-state index is 0.273. The van der Waals surface area contributed by atoms with Gasteiger partial charge in [0.2, 0.25) is 5.91 Å². The van der Waals surface area contributed by atoms with E-state index >= 15 is 0 Å². The predicted octanol–water partition coefficient (Wildman–Crippen LogP) is 0.757. The molecule has 1 aliphatic heterocycles. The van der Waals surface area contributed by atoms with Crippen LogP contribution in [-0.4, -0.2) is 36.4 Å². The molecule has 1 aliphatic rings. The van der Waals surface area contributed by atoms with Crippen LogP contribution in [0.5, 0.6) is 5.75 Å². The number of nitrogens with two attached hydrogens (primary N) is 2. The molecule has 2 rings (SSSR count). The third-order valence-corrected chi connectivity index (χ3v) is 3.58. The molecule has 0 spiro atoms. The number of nitrogens with zero attached hydrogens (tertiary/aromatic N) is 1. The summed E-state index contributed by atoms with van der Waals surface area (Å²) in [6.45, 7) is 0.517. The Bertz CT molecular complexity index is 530. The molecule has 0 bridgehead atoms. The van der Waals surface area contributed by atoms with Gasteiger partial charge in [0.15, 0.2) is 0 Å². The lowest BCUT2D eigenvalue weighted by Gasteiger charge is -2.34. The van der Waals surface area contributed by atoms with Gasteiger partial charge in [0, 0.05) is 12.2 Å². The molecule has 2 amide bonds. The van der Waals surface area contributed by atoms with E-state index in [-0.39, 0.29) is 5.91 Å². The second-order valence-corrected chi connectivity index (χ2v) is 4.87. The first kappa shape index (κ1) is 14.2. The van der Waals surface area contributed by atoms with Crippen LogP contribution in [0.1, 0.15) is 29.6 Å². The third kappa shape index (κ3) is 2.68. The molecule has 1 saturated heterocycles. The van der Waals surface area contributed by atoms with Gasteiger partial charge in [-0.1, -0.05) is 0 Å². The highest BCUT2D eigenvalue weighted by Gasteiger charge is 2.32. The van der Waals surface area contributed by atoms with Crippen LogP contribution in [-0.2, 0) is 4.79 Å². The number of carbonyl (C=O) groups excluding carboxylic acids is 2. The van der Waals surface area contributed by atoms with E-state index in [0.717, 1.165) is 12.8 Å². The Kier molecular flexibility index (Phi) is 4.12. The number of hydrogen-bond acceptors (Lipinski definition) is 4. The quantitative estimate of drug-likeness (QED) is 0.797. The fourth-order valence-corrected chi connectivity index (χ4v) is 2.47. The van der Waals surface area contributed by atoms with E-state index < -0.39 is 11.9 Å². The normalized spacial score (nSPS) is 18.6. The highest BCUT2D eigenvalue weighted by Crippen LogP contribution is 2.25. The minimum Gasteiger partial charge on any atom is -0.497 e. The van der Waals surface area contributed by atoms with E-state index in [1.807, 2.05) is 0 Å². The van der Waals surface area contributed by atoms with Crippen LogP contribution < -0.4 is 16.2 Å². The minimum atomic E-state index is -0.554. The molecule has 108 valence electrons. The fourth-order valence-electron chi connectivity index (χ4n) is 2.47. The summed E-state index contributed by atoms with van der Waals surface area (Å²) in [7, 11) is 1.52. The average Bonchev–Trinajstić information content (AvgIpc) is 2.47. The van der Waals surface area contributed by atoms with Crippen LogP contribution in [0, 0.1) is 0 Å². The molecule has 1 heterocycles. The highest BCUT2D eigenvalue weighted by molar-refractivity contribution is 6.01. The third-order valence-electron chi connectivity index (χ3n) is 3.58. The van der Waals surface area contributed by atoms with Gasteiger partial charge in [-0.2, -0.15) is 0 Å². The van der Waals surface area contributed by atoms with Crippen LogP contribution >= 0.6 is 0 Å². The van der Waals surface area contributed by atoms with E-state index in [1.165, 1.54) is 12.0 Å². The van der Waals surface area contributed by atoms with Crippen LogP contribution in [0.15, 0.2) is 18.2 Å². The number of benzene rings is 1. The maximum Gasteiger partial charge on any atom is 0.256 e.